The number of ether oxygens (including phenoxy) is 3. The smallest absolute Gasteiger partial charge is 0.220 e. The molecule has 0 aromatic heterocycles. The van der Waals surface area contributed by atoms with Crippen LogP contribution in [0.1, 0.15) is 37.0 Å². The lowest BCUT2D eigenvalue weighted by molar-refractivity contribution is -0.121. The van der Waals surface area contributed by atoms with Crippen molar-refractivity contribution < 1.29 is 19.0 Å². The highest BCUT2D eigenvalue weighted by atomic mass is 16.5. The summed E-state index contributed by atoms with van der Waals surface area (Å²) in [6.07, 6.45) is 0.965. The molecule has 0 unspecified atom stereocenters. The maximum absolute atomic E-state index is 12.5. The van der Waals surface area contributed by atoms with Gasteiger partial charge < -0.3 is 19.5 Å². The summed E-state index contributed by atoms with van der Waals surface area (Å²) in [5.41, 5.74) is 3.34. The van der Waals surface area contributed by atoms with Crippen molar-refractivity contribution in [2.24, 2.45) is 0 Å². The Morgan fingerprint density at radius 3 is 2.13 bits per heavy atom. The van der Waals surface area contributed by atoms with Crippen LogP contribution in [0.5, 0.6) is 17.2 Å². The highest BCUT2D eigenvalue weighted by Gasteiger charge is 2.14. The zero-order valence-electron chi connectivity index (χ0n) is 19.0. The maximum atomic E-state index is 12.5. The van der Waals surface area contributed by atoms with Gasteiger partial charge in [-0.15, -0.1) is 0 Å². The largest absolute Gasteiger partial charge is 0.493 e. The first-order valence-corrected chi connectivity index (χ1v) is 10.2. The summed E-state index contributed by atoms with van der Waals surface area (Å²) in [4.78, 5) is 14.7. The average molecular weight is 415 g/mol. The molecule has 6 nitrogen and oxygen atoms in total. The molecule has 1 N–H and O–H groups in total. The highest BCUT2D eigenvalue weighted by Crippen LogP contribution is 2.38. The normalized spacial score (nSPS) is 10.9. The van der Waals surface area contributed by atoms with Crippen LogP contribution in [0.25, 0.3) is 0 Å². The monoisotopic (exact) mass is 414 g/mol. The first kappa shape index (κ1) is 23.5. The third-order valence-corrected chi connectivity index (χ3v) is 5.26. The van der Waals surface area contributed by atoms with E-state index in [4.69, 9.17) is 14.2 Å². The lowest BCUT2D eigenvalue weighted by atomic mass is 10.1. The number of aryl methyl sites for hydroxylation is 1. The molecule has 0 aliphatic rings. The van der Waals surface area contributed by atoms with E-state index < -0.39 is 0 Å². The Balaban J connectivity index is 1.97. The average Bonchev–Trinajstić information content (AvgIpc) is 2.75. The lowest BCUT2D eigenvalue weighted by Gasteiger charge is -2.22. The van der Waals surface area contributed by atoms with Gasteiger partial charge in [0.15, 0.2) is 11.5 Å². The fourth-order valence-electron chi connectivity index (χ4n) is 3.16. The predicted molar refractivity (Wildman–Crippen MR) is 119 cm³/mol. The summed E-state index contributed by atoms with van der Waals surface area (Å²) in [5.74, 6) is 1.75. The van der Waals surface area contributed by atoms with Gasteiger partial charge in [0.05, 0.1) is 21.3 Å². The number of amides is 1. The molecule has 0 radical (unpaired) electrons. The molecular formula is C24H34N2O4. The van der Waals surface area contributed by atoms with Crippen LogP contribution in [-0.4, -0.2) is 45.2 Å². The summed E-state index contributed by atoms with van der Waals surface area (Å²) in [6.45, 7) is 5.73. The Hall–Kier alpha value is -2.73. The topological polar surface area (TPSA) is 60.0 Å². The Labute approximate surface area is 180 Å². The van der Waals surface area contributed by atoms with Gasteiger partial charge in [0.1, 0.15) is 0 Å². The summed E-state index contributed by atoms with van der Waals surface area (Å²) in [7, 11) is 6.85. The molecule has 0 saturated heterocycles. The number of carbonyl (C=O) groups is 1. The second kappa shape index (κ2) is 11.5. The molecule has 0 spiro atoms. The van der Waals surface area contributed by atoms with Gasteiger partial charge in [0, 0.05) is 25.6 Å². The number of nitrogens with zero attached hydrogens (tertiary/aromatic N) is 1. The van der Waals surface area contributed by atoms with Crippen molar-refractivity contribution in [1.29, 1.82) is 0 Å². The third-order valence-electron chi connectivity index (χ3n) is 5.26. The van der Waals surface area contributed by atoms with Gasteiger partial charge in [-0.1, -0.05) is 24.3 Å². The Kier molecular flexibility index (Phi) is 8.99. The van der Waals surface area contributed by atoms with Gasteiger partial charge in [-0.3, -0.25) is 9.69 Å². The van der Waals surface area contributed by atoms with Crippen molar-refractivity contribution in [3.8, 4) is 17.2 Å². The van der Waals surface area contributed by atoms with Crippen molar-refractivity contribution in [3.05, 3.63) is 53.1 Å². The van der Waals surface area contributed by atoms with E-state index in [2.05, 4.69) is 43.2 Å². The first-order valence-electron chi connectivity index (χ1n) is 10.2. The molecule has 0 fully saturated rings. The number of hydrogen-bond donors (Lipinski definition) is 1. The lowest BCUT2D eigenvalue weighted by Crippen LogP contribution is -2.27. The molecule has 0 saturated carbocycles. The van der Waals surface area contributed by atoms with Crippen molar-refractivity contribution >= 4 is 5.91 Å². The minimum Gasteiger partial charge on any atom is -0.493 e. The van der Waals surface area contributed by atoms with Crippen LogP contribution in [0.3, 0.4) is 0 Å². The summed E-state index contributed by atoms with van der Waals surface area (Å²) in [6, 6.07) is 12.5. The number of benzene rings is 2. The molecule has 2 rings (SSSR count). The Morgan fingerprint density at radius 2 is 1.60 bits per heavy atom. The fourth-order valence-corrected chi connectivity index (χ4v) is 3.16. The minimum absolute atomic E-state index is 0.00997. The van der Waals surface area contributed by atoms with Crippen molar-refractivity contribution in [3.63, 3.8) is 0 Å². The Morgan fingerprint density at radius 1 is 1.00 bits per heavy atom. The van der Waals surface area contributed by atoms with E-state index in [1.54, 1.807) is 21.3 Å². The molecule has 0 heterocycles. The number of carbonyl (C=O) groups excluding carboxylic acids is 1. The number of hydrogen-bond acceptors (Lipinski definition) is 5. The third kappa shape index (κ3) is 6.39. The molecule has 6 heteroatoms. The van der Waals surface area contributed by atoms with E-state index in [9.17, 15) is 4.79 Å². The first-order chi connectivity index (χ1) is 14.4. The summed E-state index contributed by atoms with van der Waals surface area (Å²) < 4.78 is 16.1. The van der Waals surface area contributed by atoms with Gasteiger partial charge in [-0.05, 0) is 56.1 Å². The van der Waals surface area contributed by atoms with E-state index in [0.717, 1.165) is 17.7 Å². The molecule has 30 heavy (non-hydrogen) atoms. The summed E-state index contributed by atoms with van der Waals surface area (Å²) in [5, 5.41) is 3.05. The maximum Gasteiger partial charge on any atom is 0.220 e. The molecule has 164 valence electrons. The number of methoxy groups -OCH3 is 3. The Bertz CT molecular complexity index is 811. The highest BCUT2D eigenvalue weighted by molar-refractivity contribution is 5.76. The van der Waals surface area contributed by atoms with E-state index >= 15 is 0 Å². The number of rotatable bonds is 11. The van der Waals surface area contributed by atoms with Crippen molar-refractivity contribution in [2.75, 3.05) is 28.4 Å². The van der Waals surface area contributed by atoms with Gasteiger partial charge >= 0.3 is 0 Å². The fraction of sp³-hybridized carbons (Fsp3) is 0.458. The summed E-state index contributed by atoms with van der Waals surface area (Å²) >= 11 is 0. The van der Waals surface area contributed by atoms with Crippen molar-refractivity contribution in [1.82, 2.24) is 10.2 Å². The van der Waals surface area contributed by atoms with Crippen LogP contribution in [-0.2, 0) is 24.3 Å². The second-order valence-corrected chi connectivity index (χ2v) is 7.59. The predicted octanol–water partition coefficient (Wildman–Crippen LogP) is 3.80. The molecule has 0 bridgehead atoms. The molecular weight excluding hydrogens is 380 g/mol. The zero-order chi connectivity index (χ0) is 22.1. The molecule has 0 aliphatic heterocycles. The van der Waals surface area contributed by atoms with Crippen LogP contribution in [0.4, 0.5) is 0 Å². The zero-order valence-corrected chi connectivity index (χ0v) is 19.0. The van der Waals surface area contributed by atoms with Gasteiger partial charge in [0.25, 0.3) is 0 Å². The van der Waals surface area contributed by atoms with Crippen LogP contribution in [0.2, 0.25) is 0 Å². The van der Waals surface area contributed by atoms with Crippen LogP contribution in [0, 0.1) is 0 Å². The van der Waals surface area contributed by atoms with Crippen LogP contribution >= 0.6 is 0 Å². The van der Waals surface area contributed by atoms with Gasteiger partial charge in [0.2, 0.25) is 11.7 Å². The SMILES string of the molecule is COc1cc(CCC(=O)NCc2ccccc2CN(C)C(C)C)cc(OC)c1OC. The van der Waals surface area contributed by atoms with E-state index in [1.807, 2.05) is 24.3 Å². The van der Waals surface area contributed by atoms with E-state index in [0.29, 0.717) is 42.7 Å². The van der Waals surface area contributed by atoms with Gasteiger partial charge in [-0.2, -0.15) is 0 Å². The van der Waals surface area contributed by atoms with E-state index in [-0.39, 0.29) is 5.91 Å². The van der Waals surface area contributed by atoms with Crippen LogP contribution in [0.15, 0.2) is 36.4 Å². The number of nitrogens with one attached hydrogen (secondary N) is 1. The molecule has 0 aliphatic carbocycles. The molecule has 2 aromatic rings. The standard InChI is InChI=1S/C24H34N2O4/c1-17(2)26(3)16-20-10-8-7-9-19(20)15-25-23(27)12-11-18-13-21(28-4)24(30-6)22(14-18)29-5/h7-10,13-14,17H,11-12,15-16H2,1-6H3,(H,25,27). The molecule has 2 aromatic carbocycles. The molecule has 1 amide bonds. The molecule has 0 atom stereocenters. The van der Waals surface area contributed by atoms with Crippen molar-refractivity contribution in [2.45, 2.75) is 45.8 Å². The van der Waals surface area contributed by atoms with Crippen LogP contribution < -0.4 is 19.5 Å². The van der Waals surface area contributed by atoms with Gasteiger partial charge in [-0.25, -0.2) is 0 Å². The quantitative estimate of drug-likeness (QED) is 0.606. The second-order valence-electron chi connectivity index (χ2n) is 7.59. The van der Waals surface area contributed by atoms with E-state index in [1.165, 1.54) is 5.56 Å². The minimum atomic E-state index is 0.00997.